The van der Waals surface area contributed by atoms with Crippen LogP contribution in [0.5, 0.6) is 0 Å². The topological polar surface area (TPSA) is 23.5 Å². The number of nitrogens with zero attached hydrogens (tertiary/aromatic N) is 1. The smallest absolute Gasteiger partial charge is 0.0471 e. The lowest BCUT2D eigenvalue weighted by molar-refractivity contribution is 0.221. The van der Waals surface area contributed by atoms with E-state index < -0.39 is 0 Å². The normalized spacial score (nSPS) is 20.9. The number of aryl methyl sites for hydroxylation is 1. The second-order valence-corrected chi connectivity index (χ2v) is 5.08. The van der Waals surface area contributed by atoms with Gasteiger partial charge in [0.2, 0.25) is 0 Å². The molecule has 0 bridgehead atoms. The number of unbranched alkanes of at least 4 members (excludes halogenated alkanes) is 1. The van der Waals surface area contributed by atoms with E-state index in [1.165, 1.54) is 44.3 Å². The fourth-order valence-electron chi connectivity index (χ4n) is 2.57. The molecule has 0 aliphatic carbocycles. The molecular formula is C15H23NO. The summed E-state index contributed by atoms with van der Waals surface area (Å²) in [6.07, 6.45) is 4.91. The maximum Gasteiger partial charge on any atom is 0.0471 e. The third-order valence-corrected chi connectivity index (χ3v) is 3.66. The lowest BCUT2D eigenvalue weighted by Gasteiger charge is -2.15. The third-order valence-electron chi connectivity index (χ3n) is 3.66. The number of benzene rings is 1. The van der Waals surface area contributed by atoms with Gasteiger partial charge >= 0.3 is 0 Å². The summed E-state index contributed by atoms with van der Waals surface area (Å²) in [5, 5.41) is 9.08. The van der Waals surface area contributed by atoms with Crippen LogP contribution >= 0.6 is 0 Å². The van der Waals surface area contributed by atoms with Crippen molar-refractivity contribution in [3.8, 4) is 0 Å². The molecule has 1 aromatic carbocycles. The van der Waals surface area contributed by atoms with Crippen LogP contribution in [0.3, 0.4) is 0 Å². The first-order valence-corrected chi connectivity index (χ1v) is 6.75. The summed E-state index contributed by atoms with van der Waals surface area (Å²) in [7, 11) is 0. The van der Waals surface area contributed by atoms with E-state index in [0.717, 1.165) is 6.54 Å². The minimum absolute atomic E-state index is 0.362. The summed E-state index contributed by atoms with van der Waals surface area (Å²) in [5.41, 5.74) is 1.45. The van der Waals surface area contributed by atoms with Gasteiger partial charge in [0.1, 0.15) is 0 Å². The fourth-order valence-corrected chi connectivity index (χ4v) is 2.57. The molecular weight excluding hydrogens is 210 g/mol. The molecule has 1 N–H and O–H groups in total. The van der Waals surface area contributed by atoms with E-state index in [1.807, 2.05) is 0 Å². The highest BCUT2D eigenvalue weighted by atomic mass is 16.3. The Morgan fingerprint density at radius 2 is 2.00 bits per heavy atom. The van der Waals surface area contributed by atoms with Crippen LogP contribution in [0.1, 0.15) is 24.8 Å². The Hall–Kier alpha value is -0.860. The number of aliphatic hydroxyl groups excluding tert-OH is 1. The van der Waals surface area contributed by atoms with Crippen LogP contribution in [-0.4, -0.2) is 36.2 Å². The summed E-state index contributed by atoms with van der Waals surface area (Å²) in [6.45, 7) is 3.84. The zero-order valence-electron chi connectivity index (χ0n) is 10.5. The molecule has 0 unspecified atom stereocenters. The summed E-state index contributed by atoms with van der Waals surface area (Å²) >= 11 is 0. The van der Waals surface area contributed by atoms with Crippen LogP contribution in [0.4, 0.5) is 0 Å². The number of hydrogen-bond acceptors (Lipinski definition) is 2. The van der Waals surface area contributed by atoms with E-state index in [-0.39, 0.29) is 0 Å². The van der Waals surface area contributed by atoms with E-state index >= 15 is 0 Å². The average Bonchev–Trinajstić information content (AvgIpc) is 2.84. The highest BCUT2D eigenvalue weighted by Gasteiger charge is 2.20. The van der Waals surface area contributed by atoms with E-state index in [2.05, 4.69) is 35.2 Å². The van der Waals surface area contributed by atoms with Crippen LogP contribution in [0.2, 0.25) is 0 Å². The van der Waals surface area contributed by atoms with Gasteiger partial charge in [-0.05, 0) is 50.3 Å². The number of hydrogen-bond donors (Lipinski definition) is 1. The molecule has 1 aliphatic heterocycles. The predicted octanol–water partition coefficient (Wildman–Crippen LogP) is 2.32. The molecule has 1 fully saturated rings. The Morgan fingerprint density at radius 3 is 2.71 bits per heavy atom. The molecule has 1 heterocycles. The quantitative estimate of drug-likeness (QED) is 0.762. The van der Waals surface area contributed by atoms with Gasteiger partial charge in [-0.15, -0.1) is 0 Å². The van der Waals surface area contributed by atoms with Crippen molar-refractivity contribution in [1.29, 1.82) is 0 Å². The molecule has 2 heteroatoms. The van der Waals surface area contributed by atoms with Gasteiger partial charge in [-0.1, -0.05) is 30.3 Å². The van der Waals surface area contributed by atoms with Crippen molar-refractivity contribution >= 4 is 0 Å². The number of likely N-dealkylation sites (tertiary alicyclic amines) is 1. The average molecular weight is 233 g/mol. The number of rotatable bonds is 6. The molecule has 0 spiro atoms. The van der Waals surface area contributed by atoms with Crippen LogP contribution in [0.25, 0.3) is 0 Å². The molecule has 1 saturated heterocycles. The molecule has 0 radical (unpaired) electrons. The zero-order chi connectivity index (χ0) is 11.9. The van der Waals surface area contributed by atoms with Crippen molar-refractivity contribution in [3.05, 3.63) is 35.9 Å². The molecule has 0 saturated carbocycles. The standard InChI is InChI=1S/C15H23NO/c17-13-15-9-11-16(12-15)10-5-4-8-14-6-2-1-3-7-14/h1-3,6-7,15,17H,4-5,8-13H2/t15-/m1/s1. The van der Waals surface area contributed by atoms with E-state index in [0.29, 0.717) is 12.5 Å². The van der Waals surface area contributed by atoms with Crippen molar-refractivity contribution in [2.24, 2.45) is 5.92 Å². The van der Waals surface area contributed by atoms with Gasteiger partial charge in [-0.25, -0.2) is 0 Å². The zero-order valence-corrected chi connectivity index (χ0v) is 10.5. The summed E-state index contributed by atoms with van der Waals surface area (Å²) < 4.78 is 0. The molecule has 17 heavy (non-hydrogen) atoms. The summed E-state index contributed by atoms with van der Waals surface area (Å²) in [6, 6.07) is 10.7. The van der Waals surface area contributed by atoms with Crippen molar-refractivity contribution < 1.29 is 5.11 Å². The molecule has 94 valence electrons. The Kier molecular flexibility index (Phi) is 5.02. The molecule has 2 rings (SSSR count). The molecule has 2 nitrogen and oxygen atoms in total. The lowest BCUT2D eigenvalue weighted by atomic mass is 10.1. The Balaban J connectivity index is 1.58. The molecule has 0 aromatic heterocycles. The Labute approximate surface area is 104 Å². The third kappa shape index (κ3) is 4.14. The minimum atomic E-state index is 0.362. The predicted molar refractivity (Wildman–Crippen MR) is 71.0 cm³/mol. The summed E-state index contributed by atoms with van der Waals surface area (Å²) in [5.74, 6) is 0.532. The first-order valence-electron chi connectivity index (χ1n) is 6.75. The maximum absolute atomic E-state index is 9.08. The van der Waals surface area contributed by atoms with Crippen molar-refractivity contribution in [1.82, 2.24) is 4.90 Å². The maximum atomic E-state index is 9.08. The van der Waals surface area contributed by atoms with Crippen molar-refractivity contribution in [3.63, 3.8) is 0 Å². The first-order chi connectivity index (χ1) is 8.38. The molecule has 1 atom stereocenters. The lowest BCUT2D eigenvalue weighted by Crippen LogP contribution is -2.22. The largest absolute Gasteiger partial charge is 0.396 e. The van der Waals surface area contributed by atoms with Crippen LogP contribution in [0.15, 0.2) is 30.3 Å². The molecule has 1 aromatic rings. The van der Waals surface area contributed by atoms with E-state index in [9.17, 15) is 0 Å². The molecule has 1 aliphatic rings. The first kappa shape index (κ1) is 12.6. The fraction of sp³-hybridized carbons (Fsp3) is 0.600. The minimum Gasteiger partial charge on any atom is -0.396 e. The van der Waals surface area contributed by atoms with Gasteiger partial charge < -0.3 is 10.0 Å². The van der Waals surface area contributed by atoms with Gasteiger partial charge in [0, 0.05) is 13.2 Å². The van der Waals surface area contributed by atoms with Crippen LogP contribution in [0, 0.1) is 5.92 Å². The monoisotopic (exact) mass is 233 g/mol. The van der Waals surface area contributed by atoms with Gasteiger partial charge in [-0.3, -0.25) is 0 Å². The van der Waals surface area contributed by atoms with Crippen LogP contribution in [-0.2, 0) is 6.42 Å². The second kappa shape index (κ2) is 6.77. The highest BCUT2D eigenvalue weighted by Crippen LogP contribution is 2.16. The van der Waals surface area contributed by atoms with Gasteiger partial charge in [0.25, 0.3) is 0 Å². The van der Waals surface area contributed by atoms with Crippen molar-refractivity contribution in [2.45, 2.75) is 25.7 Å². The number of aliphatic hydroxyl groups is 1. The van der Waals surface area contributed by atoms with E-state index in [1.54, 1.807) is 0 Å². The van der Waals surface area contributed by atoms with Gasteiger partial charge in [0.15, 0.2) is 0 Å². The second-order valence-electron chi connectivity index (χ2n) is 5.08. The summed E-state index contributed by atoms with van der Waals surface area (Å²) in [4.78, 5) is 2.49. The van der Waals surface area contributed by atoms with E-state index in [4.69, 9.17) is 5.11 Å². The van der Waals surface area contributed by atoms with Gasteiger partial charge in [-0.2, -0.15) is 0 Å². The van der Waals surface area contributed by atoms with Crippen LogP contribution < -0.4 is 0 Å². The SMILES string of the molecule is OC[C@@H]1CCN(CCCCc2ccccc2)C1. The van der Waals surface area contributed by atoms with Gasteiger partial charge in [0.05, 0.1) is 0 Å². The molecule has 0 amide bonds. The Bertz CT molecular complexity index is 312. The van der Waals surface area contributed by atoms with Crippen molar-refractivity contribution in [2.75, 3.05) is 26.2 Å². The highest BCUT2D eigenvalue weighted by molar-refractivity contribution is 5.14. The Morgan fingerprint density at radius 1 is 1.18 bits per heavy atom.